The topological polar surface area (TPSA) is 73.9 Å². The van der Waals surface area contributed by atoms with E-state index in [9.17, 15) is 8.42 Å². The summed E-state index contributed by atoms with van der Waals surface area (Å²) in [5, 5.41) is 0. The van der Waals surface area contributed by atoms with Gasteiger partial charge in [0, 0.05) is 12.1 Å². The Morgan fingerprint density at radius 1 is 0.962 bits per heavy atom. The molecule has 2 aromatic rings. The fourth-order valence-electron chi connectivity index (χ4n) is 2.33. The van der Waals surface area contributed by atoms with Crippen molar-refractivity contribution in [2.45, 2.75) is 31.2 Å². The molecule has 6 nitrogen and oxygen atoms in total. The Balaban J connectivity index is 2.07. The van der Waals surface area contributed by atoms with E-state index >= 15 is 0 Å². The van der Waals surface area contributed by atoms with Gasteiger partial charge in [0.25, 0.3) is 0 Å². The number of unbranched alkanes of at least 4 members (excludes halogenated alkanes) is 1. The zero-order chi connectivity index (χ0) is 19.0. The van der Waals surface area contributed by atoms with Crippen LogP contribution in [0.4, 0.5) is 0 Å². The van der Waals surface area contributed by atoms with Crippen LogP contribution in [0.3, 0.4) is 0 Å². The van der Waals surface area contributed by atoms with Crippen molar-refractivity contribution >= 4 is 10.0 Å². The van der Waals surface area contributed by atoms with E-state index in [0.717, 1.165) is 12.8 Å². The van der Waals surface area contributed by atoms with Crippen molar-refractivity contribution in [3.63, 3.8) is 0 Å². The molecule has 0 fully saturated rings. The highest BCUT2D eigenvalue weighted by Gasteiger charge is 2.15. The summed E-state index contributed by atoms with van der Waals surface area (Å²) in [4.78, 5) is 0.183. The Bertz CT molecular complexity index is 803. The molecule has 0 spiro atoms. The van der Waals surface area contributed by atoms with Gasteiger partial charge in [-0.15, -0.1) is 0 Å². The maximum Gasteiger partial charge on any atom is 0.240 e. The van der Waals surface area contributed by atoms with Crippen molar-refractivity contribution in [2.24, 2.45) is 0 Å². The summed E-state index contributed by atoms with van der Waals surface area (Å²) >= 11 is 0. The smallest absolute Gasteiger partial charge is 0.240 e. The maximum atomic E-state index is 12.5. The summed E-state index contributed by atoms with van der Waals surface area (Å²) in [6.45, 7) is 2.80. The van der Waals surface area contributed by atoms with E-state index < -0.39 is 10.0 Å². The molecule has 2 rings (SSSR count). The van der Waals surface area contributed by atoms with Crippen molar-refractivity contribution in [2.75, 3.05) is 20.8 Å². The van der Waals surface area contributed by atoms with Gasteiger partial charge in [0.1, 0.15) is 17.2 Å². The van der Waals surface area contributed by atoms with Crippen LogP contribution >= 0.6 is 0 Å². The lowest BCUT2D eigenvalue weighted by molar-refractivity contribution is 0.309. The molecular weight excluding hydrogens is 354 g/mol. The maximum absolute atomic E-state index is 12.5. The number of rotatable bonds is 10. The highest BCUT2D eigenvalue weighted by molar-refractivity contribution is 7.89. The Morgan fingerprint density at radius 3 is 2.27 bits per heavy atom. The van der Waals surface area contributed by atoms with Gasteiger partial charge in [0.2, 0.25) is 10.0 Å². The number of methoxy groups -OCH3 is 2. The van der Waals surface area contributed by atoms with Crippen LogP contribution in [0, 0.1) is 0 Å². The van der Waals surface area contributed by atoms with E-state index in [0.29, 0.717) is 29.4 Å². The normalized spacial score (nSPS) is 11.2. The van der Waals surface area contributed by atoms with E-state index in [2.05, 4.69) is 11.6 Å². The van der Waals surface area contributed by atoms with Gasteiger partial charge in [-0.25, -0.2) is 13.1 Å². The molecule has 0 aliphatic rings. The minimum atomic E-state index is -3.65. The van der Waals surface area contributed by atoms with Crippen molar-refractivity contribution in [1.82, 2.24) is 4.72 Å². The molecule has 0 saturated carbocycles. The van der Waals surface area contributed by atoms with Crippen molar-refractivity contribution in [3.05, 3.63) is 48.0 Å². The minimum absolute atomic E-state index is 0.0947. The zero-order valence-electron chi connectivity index (χ0n) is 15.3. The standard InChI is InChI=1S/C19H25NO5S/c1-4-5-12-25-16-6-9-18(10-7-16)26(21,22)20-14-15-13-17(23-2)8-11-19(15)24-3/h6-11,13,20H,4-5,12,14H2,1-3H3. The third kappa shape index (κ3) is 5.37. The molecule has 2 aromatic carbocycles. The minimum Gasteiger partial charge on any atom is -0.497 e. The van der Waals surface area contributed by atoms with Crippen LogP contribution in [-0.4, -0.2) is 29.2 Å². The van der Waals surface area contributed by atoms with E-state index in [1.807, 2.05) is 0 Å². The molecule has 0 amide bonds. The fraction of sp³-hybridized carbons (Fsp3) is 0.368. The Kier molecular flexibility index (Phi) is 7.29. The van der Waals surface area contributed by atoms with E-state index in [1.54, 1.807) is 37.4 Å². The molecule has 26 heavy (non-hydrogen) atoms. The highest BCUT2D eigenvalue weighted by Crippen LogP contribution is 2.24. The molecule has 1 N–H and O–H groups in total. The molecule has 142 valence electrons. The third-order valence-electron chi connectivity index (χ3n) is 3.84. The number of nitrogens with one attached hydrogen (secondary N) is 1. The first-order valence-corrected chi connectivity index (χ1v) is 9.92. The average Bonchev–Trinajstić information content (AvgIpc) is 2.66. The second-order valence-corrected chi connectivity index (χ2v) is 7.44. The van der Waals surface area contributed by atoms with Gasteiger partial charge in [-0.2, -0.15) is 0 Å². The van der Waals surface area contributed by atoms with Crippen LogP contribution in [-0.2, 0) is 16.6 Å². The lowest BCUT2D eigenvalue weighted by atomic mass is 10.2. The number of ether oxygens (including phenoxy) is 3. The van der Waals surface area contributed by atoms with Gasteiger partial charge in [-0.3, -0.25) is 0 Å². The molecule has 0 saturated heterocycles. The Labute approximate surface area is 155 Å². The summed E-state index contributed by atoms with van der Waals surface area (Å²) < 4.78 is 43.6. The van der Waals surface area contributed by atoms with Gasteiger partial charge < -0.3 is 14.2 Å². The number of benzene rings is 2. The number of hydrogen-bond acceptors (Lipinski definition) is 5. The summed E-state index contributed by atoms with van der Waals surface area (Å²) in [5.41, 5.74) is 0.690. The first-order valence-electron chi connectivity index (χ1n) is 8.43. The molecule has 0 atom stereocenters. The lowest BCUT2D eigenvalue weighted by Crippen LogP contribution is -2.23. The molecule has 0 heterocycles. The Hall–Kier alpha value is -2.25. The van der Waals surface area contributed by atoms with Crippen molar-refractivity contribution < 1.29 is 22.6 Å². The second-order valence-electron chi connectivity index (χ2n) is 5.68. The van der Waals surface area contributed by atoms with Crippen LogP contribution < -0.4 is 18.9 Å². The first kappa shape index (κ1) is 20.1. The van der Waals surface area contributed by atoms with Crippen molar-refractivity contribution in [1.29, 1.82) is 0 Å². The van der Waals surface area contributed by atoms with Gasteiger partial charge in [0.05, 0.1) is 25.7 Å². The molecule has 0 aliphatic carbocycles. The summed E-state index contributed by atoms with van der Waals surface area (Å²) in [6.07, 6.45) is 2.01. The molecule has 0 radical (unpaired) electrons. The summed E-state index contributed by atoms with van der Waals surface area (Å²) in [6, 6.07) is 11.6. The van der Waals surface area contributed by atoms with Gasteiger partial charge in [-0.1, -0.05) is 13.3 Å². The molecular formula is C19H25NO5S. The molecule has 0 aromatic heterocycles. The van der Waals surface area contributed by atoms with Gasteiger partial charge in [-0.05, 0) is 48.9 Å². The van der Waals surface area contributed by atoms with Gasteiger partial charge in [0.15, 0.2) is 0 Å². The molecule has 0 unspecified atom stereocenters. The van der Waals surface area contributed by atoms with E-state index in [1.165, 1.54) is 19.2 Å². The van der Waals surface area contributed by atoms with Crippen molar-refractivity contribution in [3.8, 4) is 17.2 Å². The molecule has 0 aliphatic heterocycles. The molecule has 7 heteroatoms. The summed E-state index contributed by atoms with van der Waals surface area (Å²) in [5.74, 6) is 1.88. The second kappa shape index (κ2) is 9.45. The monoisotopic (exact) mass is 379 g/mol. The fourth-order valence-corrected chi connectivity index (χ4v) is 3.33. The van der Waals surface area contributed by atoms with Crippen LogP contribution in [0.5, 0.6) is 17.2 Å². The first-order chi connectivity index (χ1) is 12.5. The zero-order valence-corrected chi connectivity index (χ0v) is 16.1. The van der Waals surface area contributed by atoms with Crippen LogP contribution in [0.2, 0.25) is 0 Å². The van der Waals surface area contributed by atoms with Gasteiger partial charge >= 0.3 is 0 Å². The van der Waals surface area contributed by atoms with Crippen LogP contribution in [0.1, 0.15) is 25.3 Å². The van der Waals surface area contributed by atoms with Crippen LogP contribution in [0.25, 0.3) is 0 Å². The Morgan fingerprint density at radius 2 is 1.65 bits per heavy atom. The number of sulfonamides is 1. The molecule has 0 bridgehead atoms. The largest absolute Gasteiger partial charge is 0.497 e. The number of hydrogen-bond donors (Lipinski definition) is 1. The van der Waals surface area contributed by atoms with Crippen LogP contribution in [0.15, 0.2) is 47.4 Å². The predicted molar refractivity (Wildman–Crippen MR) is 100 cm³/mol. The predicted octanol–water partition coefficient (Wildman–Crippen LogP) is 3.36. The third-order valence-corrected chi connectivity index (χ3v) is 5.26. The highest BCUT2D eigenvalue weighted by atomic mass is 32.2. The average molecular weight is 379 g/mol. The van der Waals surface area contributed by atoms with E-state index in [4.69, 9.17) is 14.2 Å². The van der Waals surface area contributed by atoms with E-state index in [-0.39, 0.29) is 11.4 Å². The summed E-state index contributed by atoms with van der Waals surface area (Å²) in [7, 11) is -0.553. The lowest BCUT2D eigenvalue weighted by Gasteiger charge is -2.12. The quantitative estimate of drug-likeness (QED) is 0.641. The SMILES string of the molecule is CCCCOc1ccc(S(=O)(=O)NCc2cc(OC)ccc2OC)cc1.